The molecule has 0 radical (unpaired) electrons. The topological polar surface area (TPSA) is 104 Å². The summed E-state index contributed by atoms with van der Waals surface area (Å²) in [4.78, 5) is 28.1. The molecular weight excluding hydrogens is 552 g/mol. The minimum absolute atomic E-state index is 0.0829. The summed E-state index contributed by atoms with van der Waals surface area (Å²) in [6.07, 6.45) is 12.3. The van der Waals surface area contributed by atoms with Crippen molar-refractivity contribution in [3.05, 3.63) is 120 Å². The van der Waals surface area contributed by atoms with Gasteiger partial charge in [-0.2, -0.15) is 5.10 Å². The Balaban J connectivity index is 1.03. The average Bonchev–Trinajstić information content (AvgIpc) is 3.72. The quantitative estimate of drug-likeness (QED) is 0.233. The van der Waals surface area contributed by atoms with E-state index in [0.717, 1.165) is 33.1 Å². The van der Waals surface area contributed by atoms with Crippen LogP contribution in [0.2, 0.25) is 0 Å². The number of aliphatic hydroxyl groups excluding tert-OH is 1. The van der Waals surface area contributed by atoms with Crippen LogP contribution in [-0.2, 0) is 11.8 Å². The summed E-state index contributed by atoms with van der Waals surface area (Å²) >= 11 is 0. The number of fused-ring (bicyclic) bond motifs is 3. The number of carbonyl (C=O) groups excluding carboxylic acids is 2. The Labute approximate surface area is 254 Å². The number of aromatic nitrogens is 3. The Hall–Kier alpha value is -5.41. The van der Waals surface area contributed by atoms with Gasteiger partial charge in [0.2, 0.25) is 0 Å². The number of hydrogen-bond acceptors (Lipinski definition) is 5. The molecule has 1 aliphatic carbocycles. The number of aryl methyl sites for hydroxylation is 1. The van der Waals surface area contributed by atoms with E-state index in [1.807, 2.05) is 114 Å². The molecule has 3 heterocycles. The third-order valence-electron chi connectivity index (χ3n) is 8.67. The lowest BCUT2D eigenvalue weighted by Crippen LogP contribution is -2.43. The molecule has 9 nitrogen and oxygen atoms in total. The van der Waals surface area contributed by atoms with Crippen LogP contribution >= 0.6 is 0 Å². The van der Waals surface area contributed by atoms with E-state index in [1.54, 1.807) is 6.20 Å². The van der Waals surface area contributed by atoms with Crippen molar-refractivity contribution in [2.45, 2.75) is 18.9 Å². The fraction of sp³-hybridized carbons (Fsp3) is 0.171. The Morgan fingerprint density at radius 2 is 1.70 bits per heavy atom. The lowest BCUT2D eigenvalue weighted by molar-refractivity contribution is -0.112. The molecule has 220 valence electrons. The van der Waals surface area contributed by atoms with E-state index in [2.05, 4.69) is 27.6 Å². The zero-order chi connectivity index (χ0) is 30.4. The zero-order valence-corrected chi connectivity index (χ0v) is 24.5. The lowest BCUT2D eigenvalue weighted by Gasteiger charge is -2.38. The molecule has 7 rings (SSSR count). The monoisotopic (exact) mass is 584 g/mol. The van der Waals surface area contributed by atoms with Gasteiger partial charge >= 0.3 is 0 Å². The molecule has 0 saturated heterocycles. The van der Waals surface area contributed by atoms with Crippen LogP contribution in [0.5, 0.6) is 0 Å². The summed E-state index contributed by atoms with van der Waals surface area (Å²) in [5.41, 5.74) is 6.25. The van der Waals surface area contributed by atoms with E-state index < -0.39 is 0 Å². The molecule has 44 heavy (non-hydrogen) atoms. The van der Waals surface area contributed by atoms with Crippen LogP contribution in [0.1, 0.15) is 23.7 Å². The van der Waals surface area contributed by atoms with E-state index in [1.165, 1.54) is 0 Å². The molecule has 2 amide bonds. The average molecular weight is 585 g/mol. The fourth-order valence-corrected chi connectivity index (χ4v) is 6.07. The first-order valence-electron chi connectivity index (χ1n) is 14.6. The number of rotatable bonds is 7. The van der Waals surface area contributed by atoms with Crippen molar-refractivity contribution in [1.29, 1.82) is 0 Å². The van der Waals surface area contributed by atoms with Crippen molar-refractivity contribution in [1.82, 2.24) is 19.2 Å². The van der Waals surface area contributed by atoms with Gasteiger partial charge in [0.05, 0.1) is 29.5 Å². The number of nitrogens with one attached hydrogen (secondary N) is 2. The first kappa shape index (κ1) is 27.4. The van der Waals surface area contributed by atoms with Crippen LogP contribution in [0, 0.1) is 0 Å². The van der Waals surface area contributed by atoms with Crippen molar-refractivity contribution < 1.29 is 14.7 Å². The maximum atomic E-state index is 13.1. The second-order valence-corrected chi connectivity index (χ2v) is 11.5. The molecule has 2 aromatic heterocycles. The molecule has 3 N–H and O–H groups in total. The van der Waals surface area contributed by atoms with Crippen LogP contribution in [0.3, 0.4) is 0 Å². The molecule has 1 unspecified atom stereocenters. The van der Waals surface area contributed by atoms with E-state index in [-0.39, 0.29) is 24.0 Å². The number of carbonyl (C=O) groups is 2. The molecular formula is C35H32N6O3. The van der Waals surface area contributed by atoms with Crippen LogP contribution in [0.15, 0.2) is 115 Å². The molecule has 5 aromatic rings. The van der Waals surface area contributed by atoms with Gasteiger partial charge in [-0.25, -0.2) is 4.68 Å². The van der Waals surface area contributed by atoms with Gasteiger partial charge in [0.25, 0.3) is 11.8 Å². The summed E-state index contributed by atoms with van der Waals surface area (Å²) in [6, 6.07) is 20.9. The van der Waals surface area contributed by atoms with Crippen molar-refractivity contribution in [3.63, 3.8) is 0 Å². The van der Waals surface area contributed by atoms with E-state index in [4.69, 9.17) is 0 Å². The van der Waals surface area contributed by atoms with Gasteiger partial charge in [-0.05, 0) is 97.8 Å². The molecule has 0 fully saturated rings. The number of aliphatic hydroxyl groups is 1. The first-order chi connectivity index (χ1) is 21.3. The van der Waals surface area contributed by atoms with Gasteiger partial charge in [0.1, 0.15) is 0 Å². The smallest absolute Gasteiger partial charge is 0.255 e. The van der Waals surface area contributed by atoms with E-state index in [9.17, 15) is 14.7 Å². The minimum atomic E-state index is -0.235. The Morgan fingerprint density at radius 1 is 0.932 bits per heavy atom. The van der Waals surface area contributed by atoms with Crippen LogP contribution in [0.25, 0.3) is 27.5 Å². The predicted molar refractivity (Wildman–Crippen MR) is 173 cm³/mol. The van der Waals surface area contributed by atoms with Crippen molar-refractivity contribution in [2.24, 2.45) is 7.05 Å². The van der Waals surface area contributed by atoms with Gasteiger partial charge in [0.15, 0.2) is 0 Å². The number of benzene rings is 3. The molecule has 0 saturated carbocycles. The lowest BCUT2D eigenvalue weighted by atomic mass is 9.83. The van der Waals surface area contributed by atoms with Crippen LogP contribution < -0.4 is 10.6 Å². The van der Waals surface area contributed by atoms with Crippen molar-refractivity contribution in [3.8, 4) is 5.69 Å². The maximum Gasteiger partial charge on any atom is 0.255 e. The highest BCUT2D eigenvalue weighted by atomic mass is 16.3. The second-order valence-electron chi connectivity index (χ2n) is 11.5. The maximum absolute atomic E-state index is 13.1. The van der Waals surface area contributed by atoms with Gasteiger partial charge < -0.3 is 25.2 Å². The molecule has 1 aliphatic heterocycles. The molecule has 3 aromatic carbocycles. The number of nitrogens with zero attached hydrogens (tertiary/aromatic N) is 4. The highest BCUT2D eigenvalue weighted by Gasteiger charge is 2.38. The van der Waals surface area contributed by atoms with Gasteiger partial charge in [-0.1, -0.05) is 6.08 Å². The fourth-order valence-electron chi connectivity index (χ4n) is 6.07. The molecule has 0 spiro atoms. The molecule has 9 heteroatoms. The number of hydrogen-bond donors (Lipinski definition) is 3. The summed E-state index contributed by atoms with van der Waals surface area (Å²) in [7, 11) is 1.98. The first-order valence-corrected chi connectivity index (χ1v) is 14.6. The van der Waals surface area contributed by atoms with Crippen LogP contribution in [-0.4, -0.2) is 54.9 Å². The Kier molecular flexibility index (Phi) is 6.67. The SMILES string of the molecule is Cn1ccc2cc(C(=O)Nc3ccc(-n4ncc5cc(NC(=O)C6=CCC7(C)C(=C6)C=CN7CCO)ccc54)cc3)ccc21. The van der Waals surface area contributed by atoms with Crippen LogP contribution in [0.4, 0.5) is 11.4 Å². The van der Waals surface area contributed by atoms with E-state index >= 15 is 0 Å². The zero-order valence-electron chi connectivity index (χ0n) is 24.5. The molecule has 2 aliphatic rings. The summed E-state index contributed by atoms with van der Waals surface area (Å²) in [6.45, 7) is 2.76. The van der Waals surface area contributed by atoms with Crippen molar-refractivity contribution >= 4 is 45.0 Å². The predicted octanol–water partition coefficient (Wildman–Crippen LogP) is 5.54. The molecule has 0 bridgehead atoms. The Morgan fingerprint density at radius 3 is 2.52 bits per heavy atom. The van der Waals surface area contributed by atoms with Gasteiger partial charge in [-0.15, -0.1) is 0 Å². The Bertz CT molecular complexity index is 2030. The summed E-state index contributed by atoms with van der Waals surface area (Å²) in [5, 5.41) is 21.9. The third kappa shape index (κ3) is 4.77. The van der Waals surface area contributed by atoms with E-state index in [0.29, 0.717) is 35.5 Å². The normalized spacial score (nSPS) is 17.5. The minimum Gasteiger partial charge on any atom is -0.395 e. The highest BCUT2D eigenvalue weighted by molar-refractivity contribution is 6.07. The third-order valence-corrected chi connectivity index (χ3v) is 8.67. The van der Waals surface area contributed by atoms with Crippen molar-refractivity contribution in [2.75, 3.05) is 23.8 Å². The van der Waals surface area contributed by atoms with Gasteiger partial charge in [0, 0.05) is 64.8 Å². The van der Waals surface area contributed by atoms with Gasteiger partial charge in [-0.3, -0.25) is 9.59 Å². The number of amides is 2. The second kappa shape index (κ2) is 10.7. The summed E-state index contributed by atoms with van der Waals surface area (Å²) in [5.74, 6) is -0.332. The summed E-state index contributed by atoms with van der Waals surface area (Å²) < 4.78 is 3.85. The number of β-amino-alcohol motifs (C(OH)–C–C–N with tert-alkyl or cyclic N) is 1. The largest absolute Gasteiger partial charge is 0.395 e. The molecule has 1 atom stereocenters. The standard InChI is InChI=1S/C35H32N6O3/c1-35-14-11-25(20-27(35)13-16-40(35)17-18-42)34(44)38-29-6-10-32-26(21-29)22-36-41(32)30-7-4-28(5-8-30)37-33(43)24-3-9-31-23(19-24)12-15-39(31)2/h3-13,15-16,19-22,42H,14,17-18H2,1-2H3,(H,37,43)(H,38,44). The highest BCUT2D eigenvalue weighted by Crippen LogP contribution is 2.39. The number of anilines is 2.